The van der Waals surface area contributed by atoms with Crippen LogP contribution in [0.2, 0.25) is 0 Å². The predicted molar refractivity (Wildman–Crippen MR) is 127 cm³/mol. The number of amides is 1. The van der Waals surface area contributed by atoms with Gasteiger partial charge in [0.05, 0.1) is 43.1 Å². The first kappa shape index (κ1) is 22.5. The van der Waals surface area contributed by atoms with Gasteiger partial charge in [-0.05, 0) is 37.3 Å². The van der Waals surface area contributed by atoms with E-state index in [4.69, 9.17) is 19.2 Å². The standard InChI is InChI=1S/C24H29N3O4S/c1-2-30-20-8-9-21-22(18-20)32-24(25-21)27(12-11-26-13-16-29-17-14-26)23(28)10-15-31-19-6-4-3-5-7-19/h3-9,18H,2,10-17H2,1H3. The van der Waals surface area contributed by atoms with Crippen LogP contribution in [0, 0.1) is 0 Å². The molecule has 0 saturated carbocycles. The van der Waals surface area contributed by atoms with Gasteiger partial charge in [-0.25, -0.2) is 4.98 Å². The van der Waals surface area contributed by atoms with Crippen molar-refractivity contribution in [1.82, 2.24) is 9.88 Å². The van der Waals surface area contributed by atoms with Crippen LogP contribution in [0.25, 0.3) is 10.2 Å². The topological polar surface area (TPSA) is 64.1 Å². The second-order valence-electron chi connectivity index (χ2n) is 7.47. The first-order chi connectivity index (χ1) is 15.7. The van der Waals surface area contributed by atoms with Crippen LogP contribution < -0.4 is 14.4 Å². The number of carbonyl (C=O) groups excluding carboxylic acids is 1. The number of carbonyl (C=O) groups is 1. The highest BCUT2D eigenvalue weighted by atomic mass is 32.1. The van der Waals surface area contributed by atoms with Crippen LogP contribution in [-0.4, -0.2) is 68.4 Å². The number of benzene rings is 2. The normalized spacial score (nSPS) is 14.4. The van der Waals surface area contributed by atoms with E-state index in [0.29, 0.717) is 24.9 Å². The number of para-hydroxylation sites is 1. The Bertz CT molecular complexity index is 1000. The Morgan fingerprint density at radius 2 is 1.94 bits per heavy atom. The number of aromatic nitrogens is 1. The van der Waals surface area contributed by atoms with Crippen molar-refractivity contribution in [2.45, 2.75) is 13.3 Å². The number of fused-ring (bicyclic) bond motifs is 1. The smallest absolute Gasteiger partial charge is 0.232 e. The van der Waals surface area contributed by atoms with Crippen molar-refractivity contribution in [3.63, 3.8) is 0 Å². The zero-order valence-electron chi connectivity index (χ0n) is 18.4. The third-order valence-corrected chi connectivity index (χ3v) is 6.30. The lowest BCUT2D eigenvalue weighted by molar-refractivity contribution is -0.119. The molecule has 1 saturated heterocycles. The Hall–Kier alpha value is -2.68. The number of anilines is 1. The molecule has 1 aromatic heterocycles. The third-order valence-electron chi connectivity index (χ3n) is 5.26. The summed E-state index contributed by atoms with van der Waals surface area (Å²) in [4.78, 5) is 22.1. The van der Waals surface area contributed by atoms with Gasteiger partial charge in [0, 0.05) is 26.2 Å². The number of morpholine rings is 1. The molecule has 2 heterocycles. The molecule has 0 aliphatic carbocycles. The molecule has 1 amide bonds. The maximum atomic E-state index is 13.2. The van der Waals surface area contributed by atoms with Crippen molar-refractivity contribution in [2.24, 2.45) is 0 Å². The fourth-order valence-corrected chi connectivity index (χ4v) is 4.60. The van der Waals surface area contributed by atoms with Crippen molar-refractivity contribution in [2.75, 3.05) is 57.5 Å². The SMILES string of the molecule is CCOc1ccc2nc(N(CCN3CCOCC3)C(=O)CCOc3ccccc3)sc2c1. The first-order valence-corrected chi connectivity index (χ1v) is 11.9. The second kappa shape index (κ2) is 11.3. The first-order valence-electron chi connectivity index (χ1n) is 11.0. The van der Waals surface area contributed by atoms with E-state index in [0.717, 1.165) is 54.6 Å². The van der Waals surface area contributed by atoms with Gasteiger partial charge in [-0.2, -0.15) is 0 Å². The molecule has 7 nitrogen and oxygen atoms in total. The highest BCUT2D eigenvalue weighted by molar-refractivity contribution is 7.22. The Kier molecular flexibility index (Phi) is 7.92. The molecule has 8 heteroatoms. The minimum absolute atomic E-state index is 0.0123. The molecule has 1 aliphatic heterocycles. The van der Waals surface area contributed by atoms with E-state index in [1.807, 2.05) is 55.5 Å². The maximum Gasteiger partial charge on any atom is 0.232 e. The molecule has 170 valence electrons. The summed E-state index contributed by atoms with van der Waals surface area (Å²) in [5, 5.41) is 0.714. The van der Waals surface area contributed by atoms with E-state index in [2.05, 4.69) is 4.90 Å². The van der Waals surface area contributed by atoms with Crippen LogP contribution >= 0.6 is 11.3 Å². The summed E-state index contributed by atoms with van der Waals surface area (Å²) in [6, 6.07) is 15.4. The Morgan fingerprint density at radius 1 is 1.12 bits per heavy atom. The Morgan fingerprint density at radius 3 is 2.72 bits per heavy atom. The van der Waals surface area contributed by atoms with Crippen LogP contribution in [0.3, 0.4) is 0 Å². The minimum atomic E-state index is 0.0123. The molecule has 1 aliphatic rings. The molecule has 0 unspecified atom stereocenters. The molecule has 32 heavy (non-hydrogen) atoms. The zero-order valence-corrected chi connectivity index (χ0v) is 19.2. The van der Waals surface area contributed by atoms with E-state index in [1.165, 1.54) is 11.3 Å². The summed E-state index contributed by atoms with van der Waals surface area (Å²) in [6.07, 6.45) is 0.290. The second-order valence-corrected chi connectivity index (χ2v) is 8.48. The quantitative estimate of drug-likeness (QED) is 0.463. The molecule has 4 rings (SSSR count). The van der Waals surface area contributed by atoms with Crippen molar-refractivity contribution >= 4 is 32.6 Å². The van der Waals surface area contributed by atoms with Crippen LogP contribution in [0.5, 0.6) is 11.5 Å². The van der Waals surface area contributed by atoms with Crippen LogP contribution in [-0.2, 0) is 9.53 Å². The van der Waals surface area contributed by atoms with Gasteiger partial charge in [0.1, 0.15) is 11.5 Å². The number of rotatable bonds is 10. The molecule has 3 aromatic rings. The molecule has 0 spiro atoms. The van der Waals surface area contributed by atoms with E-state index >= 15 is 0 Å². The summed E-state index contributed by atoms with van der Waals surface area (Å²) in [7, 11) is 0. The molecule has 0 atom stereocenters. The van der Waals surface area contributed by atoms with E-state index in [9.17, 15) is 4.79 Å². The van der Waals surface area contributed by atoms with Gasteiger partial charge < -0.3 is 14.2 Å². The molecule has 2 aromatic carbocycles. The summed E-state index contributed by atoms with van der Waals surface area (Å²) >= 11 is 1.52. The number of nitrogens with zero attached hydrogens (tertiary/aromatic N) is 3. The van der Waals surface area contributed by atoms with E-state index < -0.39 is 0 Å². The van der Waals surface area contributed by atoms with Crippen molar-refractivity contribution in [3.8, 4) is 11.5 Å². The van der Waals surface area contributed by atoms with Crippen LogP contribution in [0.15, 0.2) is 48.5 Å². The van der Waals surface area contributed by atoms with Gasteiger partial charge in [-0.15, -0.1) is 0 Å². The molecule has 0 radical (unpaired) electrons. The summed E-state index contributed by atoms with van der Waals surface area (Å²) in [6.45, 7) is 7.52. The largest absolute Gasteiger partial charge is 0.494 e. The predicted octanol–water partition coefficient (Wildman–Crippen LogP) is 3.83. The minimum Gasteiger partial charge on any atom is -0.494 e. The van der Waals surface area contributed by atoms with Crippen molar-refractivity contribution in [3.05, 3.63) is 48.5 Å². The Labute approximate surface area is 192 Å². The lowest BCUT2D eigenvalue weighted by atomic mass is 10.3. The number of hydrogen-bond acceptors (Lipinski definition) is 7. The highest BCUT2D eigenvalue weighted by Crippen LogP contribution is 2.32. The van der Waals surface area contributed by atoms with Gasteiger partial charge in [-0.1, -0.05) is 29.5 Å². The monoisotopic (exact) mass is 455 g/mol. The van der Waals surface area contributed by atoms with Gasteiger partial charge in [0.2, 0.25) is 5.91 Å². The van der Waals surface area contributed by atoms with Gasteiger partial charge in [-0.3, -0.25) is 14.6 Å². The van der Waals surface area contributed by atoms with Gasteiger partial charge in [0.25, 0.3) is 0 Å². The molecular weight excluding hydrogens is 426 g/mol. The fourth-order valence-electron chi connectivity index (χ4n) is 3.57. The lowest BCUT2D eigenvalue weighted by Crippen LogP contribution is -2.43. The number of hydrogen-bond donors (Lipinski definition) is 0. The maximum absolute atomic E-state index is 13.2. The molecule has 1 fully saturated rings. The average molecular weight is 456 g/mol. The third kappa shape index (κ3) is 5.97. The van der Waals surface area contributed by atoms with E-state index in [1.54, 1.807) is 4.90 Å². The van der Waals surface area contributed by atoms with Crippen LogP contribution in [0.4, 0.5) is 5.13 Å². The van der Waals surface area contributed by atoms with E-state index in [-0.39, 0.29) is 12.3 Å². The summed E-state index contributed by atoms with van der Waals surface area (Å²) in [5.41, 5.74) is 0.873. The number of thiazole rings is 1. The van der Waals surface area contributed by atoms with Crippen molar-refractivity contribution < 1.29 is 19.0 Å². The van der Waals surface area contributed by atoms with Gasteiger partial charge in [0.15, 0.2) is 5.13 Å². The van der Waals surface area contributed by atoms with Gasteiger partial charge >= 0.3 is 0 Å². The zero-order chi connectivity index (χ0) is 22.2. The van der Waals surface area contributed by atoms with Crippen LogP contribution in [0.1, 0.15) is 13.3 Å². The lowest BCUT2D eigenvalue weighted by Gasteiger charge is -2.29. The fraction of sp³-hybridized carbons (Fsp3) is 0.417. The molecule has 0 bridgehead atoms. The average Bonchev–Trinajstić information content (AvgIpc) is 3.24. The summed E-state index contributed by atoms with van der Waals surface area (Å²) < 4.78 is 17.8. The summed E-state index contributed by atoms with van der Waals surface area (Å²) in [5.74, 6) is 1.60. The van der Waals surface area contributed by atoms with Crippen molar-refractivity contribution in [1.29, 1.82) is 0 Å². The molecule has 0 N–H and O–H groups in total. The highest BCUT2D eigenvalue weighted by Gasteiger charge is 2.22. The Balaban J connectivity index is 1.47. The molecular formula is C24H29N3O4S. The number of ether oxygens (including phenoxy) is 3.